The van der Waals surface area contributed by atoms with Crippen LogP contribution in [0.4, 0.5) is 4.39 Å². The van der Waals surface area contributed by atoms with Crippen molar-refractivity contribution in [2.75, 3.05) is 6.54 Å². The van der Waals surface area contributed by atoms with E-state index in [2.05, 4.69) is 9.55 Å². The molecule has 3 aromatic rings. The molecule has 2 aromatic carbocycles. The monoisotopic (exact) mass is 295 g/mol. The average Bonchev–Trinajstić information content (AvgIpc) is 2.92. The van der Waals surface area contributed by atoms with Crippen LogP contribution in [0.2, 0.25) is 0 Å². The molecule has 0 spiro atoms. The number of hydrogen-bond acceptors (Lipinski definition) is 2. The van der Waals surface area contributed by atoms with Crippen LogP contribution in [0.15, 0.2) is 48.5 Å². The molecule has 0 atom stereocenters. The largest absolute Gasteiger partial charge is 0.329 e. The van der Waals surface area contributed by atoms with E-state index in [1.54, 1.807) is 4.90 Å². The Morgan fingerprint density at radius 3 is 2.64 bits per heavy atom. The number of amides is 1. The number of rotatable bonds is 1. The van der Waals surface area contributed by atoms with E-state index < -0.39 is 0 Å². The van der Waals surface area contributed by atoms with Crippen LogP contribution in [0.3, 0.4) is 0 Å². The summed E-state index contributed by atoms with van der Waals surface area (Å²) in [5, 5.41) is 0. The first-order valence-electron chi connectivity index (χ1n) is 7.21. The summed E-state index contributed by atoms with van der Waals surface area (Å²) in [4.78, 5) is 18.9. The highest BCUT2D eigenvalue weighted by Crippen LogP contribution is 2.21. The molecule has 110 valence electrons. The van der Waals surface area contributed by atoms with E-state index in [1.165, 1.54) is 24.3 Å². The van der Waals surface area contributed by atoms with Crippen molar-refractivity contribution in [2.24, 2.45) is 0 Å². The Hall–Kier alpha value is -2.69. The maximum atomic E-state index is 13.0. The number of imidazole rings is 1. The van der Waals surface area contributed by atoms with E-state index in [9.17, 15) is 9.18 Å². The van der Waals surface area contributed by atoms with Gasteiger partial charge in [-0.15, -0.1) is 0 Å². The van der Waals surface area contributed by atoms with E-state index in [4.69, 9.17) is 0 Å². The predicted molar refractivity (Wildman–Crippen MR) is 80.9 cm³/mol. The summed E-state index contributed by atoms with van der Waals surface area (Å²) in [6, 6.07) is 13.6. The lowest BCUT2D eigenvalue weighted by Crippen LogP contribution is -2.38. The minimum atomic E-state index is -0.336. The van der Waals surface area contributed by atoms with E-state index in [0.717, 1.165) is 23.4 Å². The van der Waals surface area contributed by atoms with Crippen LogP contribution >= 0.6 is 0 Å². The lowest BCUT2D eigenvalue weighted by Gasteiger charge is -2.28. The molecule has 0 fully saturated rings. The molecular weight excluding hydrogens is 281 g/mol. The molecule has 0 aliphatic carbocycles. The molecule has 0 saturated heterocycles. The van der Waals surface area contributed by atoms with Gasteiger partial charge in [0.05, 0.1) is 17.6 Å². The topological polar surface area (TPSA) is 38.1 Å². The van der Waals surface area contributed by atoms with Crippen LogP contribution in [0.25, 0.3) is 11.0 Å². The minimum absolute atomic E-state index is 0.0849. The molecule has 22 heavy (non-hydrogen) atoms. The van der Waals surface area contributed by atoms with Gasteiger partial charge in [-0.05, 0) is 36.4 Å². The quantitative estimate of drug-likeness (QED) is 0.692. The van der Waals surface area contributed by atoms with Crippen LogP contribution in [0.5, 0.6) is 0 Å². The molecule has 1 aliphatic heterocycles. The van der Waals surface area contributed by atoms with E-state index in [1.807, 2.05) is 24.3 Å². The predicted octanol–water partition coefficient (Wildman–Crippen LogP) is 2.83. The van der Waals surface area contributed by atoms with Crippen molar-refractivity contribution in [3.05, 3.63) is 65.7 Å². The molecule has 2 heterocycles. The number of hydrogen-bond donors (Lipinski definition) is 0. The fraction of sp³-hybridized carbons (Fsp3) is 0.176. The Bertz CT molecular complexity index is 854. The molecule has 1 aliphatic rings. The minimum Gasteiger partial charge on any atom is -0.329 e. The Labute approximate surface area is 126 Å². The van der Waals surface area contributed by atoms with Gasteiger partial charge in [-0.25, -0.2) is 9.37 Å². The maximum Gasteiger partial charge on any atom is 0.254 e. The second-order valence-corrected chi connectivity index (χ2v) is 5.40. The molecule has 0 bridgehead atoms. The standard InChI is InChI=1S/C17H14FN3O/c18-13-7-5-12(6-8-13)17(22)20-9-10-21-15-4-2-1-3-14(15)19-16(21)11-20/h1-8H,9-11H2. The van der Waals surface area contributed by atoms with Crippen molar-refractivity contribution in [3.8, 4) is 0 Å². The molecule has 0 unspecified atom stereocenters. The first-order chi connectivity index (χ1) is 10.7. The first-order valence-corrected chi connectivity index (χ1v) is 7.21. The van der Waals surface area contributed by atoms with Gasteiger partial charge < -0.3 is 9.47 Å². The van der Waals surface area contributed by atoms with E-state index in [-0.39, 0.29) is 11.7 Å². The van der Waals surface area contributed by atoms with Crippen LogP contribution in [0, 0.1) is 5.82 Å². The Kier molecular flexibility index (Phi) is 2.92. The third-order valence-corrected chi connectivity index (χ3v) is 4.04. The molecule has 0 radical (unpaired) electrons. The third kappa shape index (κ3) is 2.06. The van der Waals surface area contributed by atoms with Crippen molar-refractivity contribution in [1.29, 1.82) is 0 Å². The lowest BCUT2D eigenvalue weighted by molar-refractivity contribution is 0.0709. The summed E-state index contributed by atoms with van der Waals surface area (Å²) in [7, 11) is 0. The van der Waals surface area contributed by atoms with Gasteiger partial charge in [0.1, 0.15) is 11.6 Å². The number of halogens is 1. The van der Waals surface area contributed by atoms with Crippen molar-refractivity contribution in [2.45, 2.75) is 13.1 Å². The van der Waals surface area contributed by atoms with Crippen molar-refractivity contribution in [1.82, 2.24) is 14.5 Å². The number of nitrogens with zero attached hydrogens (tertiary/aromatic N) is 3. The lowest BCUT2D eigenvalue weighted by atomic mass is 10.2. The van der Waals surface area contributed by atoms with Gasteiger partial charge in [-0.3, -0.25) is 4.79 Å². The van der Waals surface area contributed by atoms with Crippen LogP contribution < -0.4 is 0 Å². The molecule has 4 nitrogen and oxygen atoms in total. The van der Waals surface area contributed by atoms with Gasteiger partial charge in [0.15, 0.2) is 0 Å². The zero-order chi connectivity index (χ0) is 15.1. The molecule has 0 N–H and O–H groups in total. The van der Waals surface area contributed by atoms with Crippen molar-refractivity contribution < 1.29 is 9.18 Å². The highest BCUT2D eigenvalue weighted by molar-refractivity contribution is 5.94. The summed E-state index contributed by atoms with van der Waals surface area (Å²) >= 11 is 0. The number of carbonyl (C=O) groups is 1. The number of aromatic nitrogens is 2. The van der Waals surface area contributed by atoms with E-state index >= 15 is 0 Å². The fourth-order valence-electron chi connectivity index (χ4n) is 2.91. The van der Waals surface area contributed by atoms with Gasteiger partial charge in [0, 0.05) is 18.7 Å². The van der Waals surface area contributed by atoms with Gasteiger partial charge in [-0.1, -0.05) is 12.1 Å². The molecule has 5 heteroatoms. The van der Waals surface area contributed by atoms with Crippen LogP contribution in [-0.4, -0.2) is 26.9 Å². The fourth-order valence-corrected chi connectivity index (χ4v) is 2.91. The third-order valence-electron chi connectivity index (χ3n) is 4.04. The SMILES string of the molecule is O=C(c1ccc(F)cc1)N1CCn2c(nc3ccccc32)C1. The molecule has 1 amide bonds. The molecule has 0 saturated carbocycles. The molecule has 4 rings (SSSR count). The Morgan fingerprint density at radius 2 is 1.82 bits per heavy atom. The van der Waals surface area contributed by atoms with Crippen LogP contribution in [-0.2, 0) is 13.1 Å². The molecule has 1 aromatic heterocycles. The summed E-state index contributed by atoms with van der Waals surface area (Å²) in [5.41, 5.74) is 2.56. The van der Waals surface area contributed by atoms with Gasteiger partial charge in [-0.2, -0.15) is 0 Å². The Balaban J connectivity index is 1.64. The highest BCUT2D eigenvalue weighted by atomic mass is 19.1. The first kappa shape index (κ1) is 13.0. The zero-order valence-electron chi connectivity index (χ0n) is 11.9. The van der Waals surface area contributed by atoms with Crippen molar-refractivity contribution >= 4 is 16.9 Å². The second kappa shape index (κ2) is 4.94. The van der Waals surface area contributed by atoms with Gasteiger partial charge in [0.2, 0.25) is 0 Å². The van der Waals surface area contributed by atoms with Gasteiger partial charge >= 0.3 is 0 Å². The van der Waals surface area contributed by atoms with Gasteiger partial charge in [0.25, 0.3) is 5.91 Å². The smallest absolute Gasteiger partial charge is 0.254 e. The summed E-state index contributed by atoms with van der Waals surface area (Å²) in [6.07, 6.45) is 0. The number of fused-ring (bicyclic) bond motifs is 3. The molecular formula is C17H14FN3O. The number of para-hydroxylation sites is 2. The Morgan fingerprint density at radius 1 is 1.05 bits per heavy atom. The second-order valence-electron chi connectivity index (χ2n) is 5.40. The van der Waals surface area contributed by atoms with Crippen LogP contribution in [0.1, 0.15) is 16.2 Å². The van der Waals surface area contributed by atoms with E-state index in [0.29, 0.717) is 18.7 Å². The normalized spacial score (nSPS) is 14.1. The summed E-state index contributed by atoms with van der Waals surface area (Å²) in [6.45, 7) is 1.83. The maximum absolute atomic E-state index is 13.0. The number of benzene rings is 2. The summed E-state index contributed by atoms with van der Waals surface area (Å²) < 4.78 is 15.1. The highest BCUT2D eigenvalue weighted by Gasteiger charge is 2.24. The summed E-state index contributed by atoms with van der Waals surface area (Å²) in [5.74, 6) is 0.471. The van der Waals surface area contributed by atoms with Crippen molar-refractivity contribution in [3.63, 3.8) is 0 Å². The number of carbonyl (C=O) groups excluding carboxylic acids is 1. The average molecular weight is 295 g/mol. The zero-order valence-corrected chi connectivity index (χ0v) is 11.9.